The number of anilines is 1. The Morgan fingerprint density at radius 2 is 1.71 bits per heavy atom. The first-order valence-electron chi connectivity index (χ1n) is 5.30. The monoisotopic (exact) mass is 319 g/mol. The van der Waals surface area contributed by atoms with E-state index in [2.05, 4.69) is 4.74 Å². The smallest absolute Gasteiger partial charge is 0.422 e. The molecular formula is C11H8F7NO2. The van der Waals surface area contributed by atoms with Crippen molar-refractivity contribution in [2.24, 2.45) is 0 Å². The Bertz CT molecular complexity index is 502. The van der Waals surface area contributed by atoms with E-state index in [0.29, 0.717) is 0 Å². The highest BCUT2D eigenvalue weighted by molar-refractivity contribution is 5.97. The predicted octanol–water partition coefficient (Wildman–Crippen LogP) is 3.47. The molecule has 0 radical (unpaired) electrons. The average molecular weight is 319 g/mol. The lowest BCUT2D eigenvalue weighted by Gasteiger charge is -2.17. The number of nitrogens with one attached hydrogen (secondary N) is 1. The summed E-state index contributed by atoms with van der Waals surface area (Å²) in [6, 6.07) is 4.30. The number of amides is 1. The molecular weight excluding hydrogens is 311 g/mol. The molecule has 0 bridgehead atoms. The second-order valence-corrected chi connectivity index (χ2v) is 3.78. The first-order valence-corrected chi connectivity index (χ1v) is 5.30. The number of alkyl halides is 7. The van der Waals surface area contributed by atoms with Crippen LogP contribution in [-0.2, 0) is 4.79 Å². The molecule has 0 aromatic heterocycles. The van der Waals surface area contributed by atoms with Crippen molar-refractivity contribution >= 4 is 11.6 Å². The molecule has 0 spiro atoms. The van der Waals surface area contributed by atoms with Crippen LogP contribution in [0.1, 0.15) is 0 Å². The van der Waals surface area contributed by atoms with Crippen molar-refractivity contribution in [1.29, 1.82) is 0 Å². The second-order valence-electron chi connectivity index (χ2n) is 3.78. The van der Waals surface area contributed by atoms with E-state index in [0.717, 1.165) is 12.1 Å². The molecule has 0 unspecified atom stereocenters. The van der Waals surface area contributed by atoms with E-state index in [4.69, 9.17) is 0 Å². The summed E-state index contributed by atoms with van der Waals surface area (Å²) in [5.41, 5.74) is -0.577. The van der Waals surface area contributed by atoms with Crippen molar-refractivity contribution in [3.63, 3.8) is 0 Å². The third kappa shape index (κ3) is 4.80. The molecule has 0 saturated carbocycles. The molecule has 0 fully saturated rings. The topological polar surface area (TPSA) is 38.3 Å². The zero-order chi connectivity index (χ0) is 16.3. The van der Waals surface area contributed by atoms with E-state index in [1.54, 1.807) is 0 Å². The SMILES string of the molecule is O=C(Nc1ccccc1OCC(F)(F)F)C(F)(F)C(F)F. The summed E-state index contributed by atoms with van der Waals surface area (Å²) in [4.78, 5) is 11.0. The number of carbonyl (C=O) groups excluding carboxylic acids is 1. The molecule has 1 N–H and O–H groups in total. The third-order valence-corrected chi connectivity index (χ3v) is 2.10. The first-order chi connectivity index (χ1) is 9.54. The molecule has 3 nitrogen and oxygen atoms in total. The molecule has 1 aromatic carbocycles. The van der Waals surface area contributed by atoms with Gasteiger partial charge in [-0.05, 0) is 12.1 Å². The van der Waals surface area contributed by atoms with Crippen LogP contribution in [0.25, 0.3) is 0 Å². The van der Waals surface area contributed by atoms with Gasteiger partial charge in [0.15, 0.2) is 6.61 Å². The van der Waals surface area contributed by atoms with Crippen molar-refractivity contribution in [2.45, 2.75) is 18.5 Å². The number of para-hydroxylation sites is 2. The molecule has 0 saturated heterocycles. The molecule has 1 amide bonds. The predicted molar refractivity (Wildman–Crippen MR) is 57.6 cm³/mol. The van der Waals surface area contributed by atoms with Crippen LogP contribution in [0.15, 0.2) is 24.3 Å². The Kier molecular flexibility index (Phi) is 5.02. The summed E-state index contributed by atoms with van der Waals surface area (Å²) in [5.74, 6) is -7.90. The van der Waals surface area contributed by atoms with Crippen molar-refractivity contribution < 1.29 is 40.3 Å². The van der Waals surface area contributed by atoms with Crippen LogP contribution in [0.2, 0.25) is 0 Å². The maximum Gasteiger partial charge on any atom is 0.422 e. The van der Waals surface area contributed by atoms with Crippen LogP contribution < -0.4 is 10.1 Å². The Morgan fingerprint density at radius 3 is 2.24 bits per heavy atom. The molecule has 10 heteroatoms. The Balaban J connectivity index is 2.87. The van der Waals surface area contributed by atoms with Gasteiger partial charge in [0.2, 0.25) is 0 Å². The van der Waals surface area contributed by atoms with Crippen molar-refractivity contribution in [3.05, 3.63) is 24.3 Å². The standard InChI is InChI=1S/C11H8F7NO2/c12-8(13)11(17,18)9(20)19-6-3-1-2-4-7(6)21-5-10(14,15)16/h1-4,8H,5H2,(H,19,20). The van der Waals surface area contributed by atoms with Gasteiger partial charge in [-0.15, -0.1) is 0 Å². The largest absolute Gasteiger partial charge is 0.482 e. The van der Waals surface area contributed by atoms with Crippen LogP contribution in [0.4, 0.5) is 36.4 Å². The zero-order valence-electron chi connectivity index (χ0n) is 10.1. The van der Waals surface area contributed by atoms with E-state index in [1.807, 2.05) is 0 Å². The fourth-order valence-corrected chi connectivity index (χ4v) is 1.16. The second kappa shape index (κ2) is 6.19. The molecule has 0 aliphatic carbocycles. The third-order valence-electron chi connectivity index (χ3n) is 2.10. The Hall–Kier alpha value is -2.00. The molecule has 1 rings (SSSR count). The number of carbonyl (C=O) groups is 1. The van der Waals surface area contributed by atoms with E-state index in [-0.39, 0.29) is 0 Å². The van der Waals surface area contributed by atoms with E-state index in [9.17, 15) is 35.5 Å². The van der Waals surface area contributed by atoms with Gasteiger partial charge in [0.25, 0.3) is 0 Å². The summed E-state index contributed by atoms with van der Waals surface area (Å²) in [7, 11) is 0. The molecule has 0 aliphatic rings. The van der Waals surface area contributed by atoms with Gasteiger partial charge in [-0.3, -0.25) is 4.79 Å². The summed E-state index contributed by atoms with van der Waals surface area (Å²) in [6.45, 7) is -1.73. The molecule has 0 aliphatic heterocycles. The normalized spacial score (nSPS) is 12.4. The minimum Gasteiger partial charge on any atom is -0.482 e. The maximum absolute atomic E-state index is 12.7. The van der Waals surface area contributed by atoms with Crippen LogP contribution in [0.3, 0.4) is 0 Å². The number of halogens is 7. The van der Waals surface area contributed by atoms with Gasteiger partial charge in [-0.25, -0.2) is 8.78 Å². The van der Waals surface area contributed by atoms with E-state index >= 15 is 0 Å². The zero-order valence-corrected chi connectivity index (χ0v) is 10.1. The van der Waals surface area contributed by atoms with Gasteiger partial charge < -0.3 is 10.1 Å². The quantitative estimate of drug-likeness (QED) is 0.844. The van der Waals surface area contributed by atoms with E-state index < -0.39 is 42.5 Å². The number of hydrogen-bond donors (Lipinski definition) is 1. The van der Waals surface area contributed by atoms with Crippen LogP contribution >= 0.6 is 0 Å². The molecule has 21 heavy (non-hydrogen) atoms. The summed E-state index contributed by atoms with van der Waals surface area (Å²) < 4.78 is 89.8. The lowest BCUT2D eigenvalue weighted by Crippen LogP contribution is -2.41. The minimum absolute atomic E-state index is 0.576. The summed E-state index contributed by atoms with van der Waals surface area (Å²) in [5, 5.41) is 1.41. The highest BCUT2D eigenvalue weighted by Crippen LogP contribution is 2.29. The van der Waals surface area contributed by atoms with Gasteiger partial charge in [0.1, 0.15) is 5.75 Å². The van der Waals surface area contributed by atoms with Crippen molar-refractivity contribution in [2.75, 3.05) is 11.9 Å². The summed E-state index contributed by atoms with van der Waals surface area (Å²) in [6.07, 6.45) is -8.94. The van der Waals surface area contributed by atoms with Crippen molar-refractivity contribution in [3.8, 4) is 5.75 Å². The number of hydrogen-bond acceptors (Lipinski definition) is 2. The number of ether oxygens (including phenoxy) is 1. The molecule has 0 heterocycles. The minimum atomic E-state index is -4.98. The lowest BCUT2D eigenvalue weighted by molar-refractivity contribution is -0.163. The highest BCUT2D eigenvalue weighted by Gasteiger charge is 2.49. The fourth-order valence-electron chi connectivity index (χ4n) is 1.16. The highest BCUT2D eigenvalue weighted by atomic mass is 19.4. The first kappa shape index (κ1) is 17.1. The van der Waals surface area contributed by atoms with Gasteiger partial charge in [0, 0.05) is 0 Å². The Labute approximate surface area is 113 Å². The average Bonchev–Trinajstić information content (AvgIpc) is 2.36. The molecule has 0 atom stereocenters. The van der Waals surface area contributed by atoms with Gasteiger partial charge in [0.05, 0.1) is 5.69 Å². The molecule has 1 aromatic rings. The number of rotatable bonds is 5. The molecule has 118 valence electrons. The fraction of sp³-hybridized carbons (Fsp3) is 0.364. The van der Waals surface area contributed by atoms with E-state index in [1.165, 1.54) is 17.4 Å². The lowest BCUT2D eigenvalue weighted by atomic mass is 10.2. The van der Waals surface area contributed by atoms with Crippen LogP contribution in [0, 0.1) is 0 Å². The van der Waals surface area contributed by atoms with Crippen LogP contribution in [0.5, 0.6) is 5.75 Å². The number of benzene rings is 1. The van der Waals surface area contributed by atoms with Crippen molar-refractivity contribution in [1.82, 2.24) is 0 Å². The van der Waals surface area contributed by atoms with Gasteiger partial charge in [-0.1, -0.05) is 12.1 Å². The Morgan fingerprint density at radius 1 is 1.14 bits per heavy atom. The van der Waals surface area contributed by atoms with Gasteiger partial charge >= 0.3 is 24.4 Å². The van der Waals surface area contributed by atoms with Gasteiger partial charge in [-0.2, -0.15) is 22.0 Å². The van der Waals surface area contributed by atoms with Crippen LogP contribution in [-0.4, -0.2) is 31.0 Å². The maximum atomic E-state index is 12.7. The summed E-state index contributed by atoms with van der Waals surface area (Å²) >= 11 is 0.